The topological polar surface area (TPSA) is 35.2 Å². The van der Waals surface area contributed by atoms with Gasteiger partial charge in [-0.15, -0.1) is 0 Å². The molecule has 0 radical (unpaired) electrons. The van der Waals surface area contributed by atoms with Crippen LogP contribution in [-0.4, -0.2) is 7.11 Å². The average molecular weight is 207 g/mol. The fourth-order valence-corrected chi connectivity index (χ4v) is 1.84. The highest BCUT2D eigenvalue weighted by atomic mass is 16.5. The molecule has 0 fully saturated rings. The number of nitrogens with two attached hydrogens (primary N) is 1. The minimum atomic E-state index is 0.469. The lowest BCUT2D eigenvalue weighted by molar-refractivity contribution is 0.402. The lowest BCUT2D eigenvalue weighted by atomic mass is 9.95. The van der Waals surface area contributed by atoms with E-state index in [1.807, 2.05) is 0 Å². The lowest BCUT2D eigenvalue weighted by Gasteiger charge is -2.17. The van der Waals surface area contributed by atoms with E-state index in [9.17, 15) is 0 Å². The van der Waals surface area contributed by atoms with Gasteiger partial charge < -0.3 is 10.5 Å². The fourth-order valence-electron chi connectivity index (χ4n) is 1.84. The Morgan fingerprint density at radius 3 is 2.40 bits per heavy atom. The highest BCUT2D eigenvalue weighted by Gasteiger charge is 2.12. The van der Waals surface area contributed by atoms with Crippen molar-refractivity contribution in [2.24, 2.45) is 5.73 Å². The summed E-state index contributed by atoms with van der Waals surface area (Å²) < 4.78 is 5.49. The smallest absolute Gasteiger partial charge is 0.125 e. The maximum atomic E-state index is 5.69. The molecule has 84 valence electrons. The monoisotopic (exact) mass is 207 g/mol. The number of hydrogen-bond donors (Lipinski definition) is 1. The number of aryl methyl sites for hydroxylation is 1. The number of methoxy groups -OCH3 is 1. The van der Waals surface area contributed by atoms with Crippen LogP contribution in [0.4, 0.5) is 0 Å². The average Bonchev–Trinajstić information content (AvgIpc) is 2.26. The quantitative estimate of drug-likeness (QED) is 0.824. The van der Waals surface area contributed by atoms with Crippen molar-refractivity contribution in [3.63, 3.8) is 0 Å². The molecule has 0 amide bonds. The summed E-state index contributed by atoms with van der Waals surface area (Å²) in [5.74, 6) is 1.50. The molecule has 1 aromatic carbocycles. The molecule has 2 N–H and O–H groups in total. The van der Waals surface area contributed by atoms with E-state index in [4.69, 9.17) is 10.5 Å². The second-order valence-corrected chi connectivity index (χ2v) is 4.09. The van der Waals surface area contributed by atoms with Crippen LogP contribution in [0.1, 0.15) is 43.4 Å². The Morgan fingerprint density at radius 2 is 2.00 bits per heavy atom. The van der Waals surface area contributed by atoms with Gasteiger partial charge in [0.2, 0.25) is 0 Å². The van der Waals surface area contributed by atoms with Crippen LogP contribution in [-0.2, 0) is 13.0 Å². The van der Waals surface area contributed by atoms with Crippen LogP contribution in [0.15, 0.2) is 12.1 Å². The van der Waals surface area contributed by atoms with Crippen molar-refractivity contribution in [3.05, 3.63) is 28.8 Å². The van der Waals surface area contributed by atoms with E-state index in [0.29, 0.717) is 12.5 Å². The van der Waals surface area contributed by atoms with Crippen molar-refractivity contribution in [3.8, 4) is 5.75 Å². The van der Waals surface area contributed by atoms with E-state index < -0.39 is 0 Å². The third kappa shape index (κ3) is 2.51. The zero-order valence-corrected chi connectivity index (χ0v) is 10.1. The van der Waals surface area contributed by atoms with E-state index >= 15 is 0 Å². The minimum Gasteiger partial charge on any atom is -0.496 e. The Bertz CT molecular complexity index is 332. The van der Waals surface area contributed by atoms with Gasteiger partial charge in [0.25, 0.3) is 0 Å². The first-order valence-corrected chi connectivity index (χ1v) is 5.53. The summed E-state index contributed by atoms with van der Waals surface area (Å²) in [5.41, 5.74) is 9.40. The normalized spacial score (nSPS) is 10.8. The van der Waals surface area contributed by atoms with Gasteiger partial charge in [0, 0.05) is 6.54 Å². The molecule has 0 aliphatic heterocycles. The first-order valence-electron chi connectivity index (χ1n) is 5.53. The van der Waals surface area contributed by atoms with Crippen LogP contribution < -0.4 is 10.5 Å². The molecule has 15 heavy (non-hydrogen) atoms. The van der Waals surface area contributed by atoms with Crippen LogP contribution in [0.3, 0.4) is 0 Å². The van der Waals surface area contributed by atoms with E-state index in [1.54, 1.807) is 7.11 Å². The highest BCUT2D eigenvalue weighted by molar-refractivity contribution is 5.46. The molecule has 1 rings (SSSR count). The predicted molar refractivity (Wildman–Crippen MR) is 64.4 cm³/mol. The van der Waals surface area contributed by atoms with E-state index in [2.05, 4.69) is 32.9 Å². The van der Waals surface area contributed by atoms with Crippen molar-refractivity contribution in [1.29, 1.82) is 0 Å². The van der Waals surface area contributed by atoms with Gasteiger partial charge in [0.1, 0.15) is 5.75 Å². The molecule has 2 nitrogen and oxygen atoms in total. The third-order valence-electron chi connectivity index (χ3n) is 2.70. The third-order valence-corrected chi connectivity index (χ3v) is 2.70. The molecule has 0 aromatic heterocycles. The predicted octanol–water partition coefficient (Wildman–Crippen LogP) is 2.84. The minimum absolute atomic E-state index is 0.469. The van der Waals surface area contributed by atoms with Crippen molar-refractivity contribution >= 4 is 0 Å². The van der Waals surface area contributed by atoms with E-state index in [1.165, 1.54) is 16.7 Å². The zero-order chi connectivity index (χ0) is 11.4. The summed E-state index contributed by atoms with van der Waals surface area (Å²) in [6.45, 7) is 7.09. The van der Waals surface area contributed by atoms with Crippen molar-refractivity contribution in [1.82, 2.24) is 0 Å². The maximum Gasteiger partial charge on any atom is 0.125 e. The van der Waals surface area contributed by atoms with Crippen molar-refractivity contribution in [2.75, 3.05) is 7.11 Å². The molecule has 0 saturated heterocycles. The summed E-state index contributed by atoms with van der Waals surface area (Å²) in [7, 11) is 1.74. The SMILES string of the molecule is CCc1cc(CN)cc(C(C)C)c1OC. The molecule has 0 atom stereocenters. The Labute approximate surface area is 92.4 Å². The molecule has 2 heteroatoms. The van der Waals surface area contributed by atoms with Crippen LogP contribution in [0.2, 0.25) is 0 Å². The Morgan fingerprint density at radius 1 is 1.33 bits per heavy atom. The Hall–Kier alpha value is -1.02. The van der Waals surface area contributed by atoms with Gasteiger partial charge in [0.15, 0.2) is 0 Å². The zero-order valence-electron chi connectivity index (χ0n) is 10.1. The summed E-state index contributed by atoms with van der Waals surface area (Å²) in [5, 5.41) is 0. The van der Waals surface area contributed by atoms with Gasteiger partial charge in [-0.1, -0.05) is 32.9 Å². The summed E-state index contributed by atoms with van der Waals surface area (Å²) >= 11 is 0. The molecule has 0 bridgehead atoms. The lowest BCUT2D eigenvalue weighted by Crippen LogP contribution is -2.04. The Balaban J connectivity index is 3.32. The van der Waals surface area contributed by atoms with Gasteiger partial charge in [0.05, 0.1) is 7.11 Å². The summed E-state index contributed by atoms with van der Waals surface area (Å²) in [6, 6.07) is 4.30. The van der Waals surface area contributed by atoms with Crippen LogP contribution in [0.25, 0.3) is 0 Å². The molecule has 0 aliphatic rings. The second kappa shape index (κ2) is 5.17. The highest BCUT2D eigenvalue weighted by Crippen LogP contribution is 2.31. The van der Waals surface area contributed by atoms with Gasteiger partial charge in [-0.3, -0.25) is 0 Å². The summed E-state index contributed by atoms with van der Waals surface area (Å²) in [6.07, 6.45) is 0.983. The van der Waals surface area contributed by atoms with Gasteiger partial charge in [-0.05, 0) is 29.0 Å². The molecular weight excluding hydrogens is 186 g/mol. The first kappa shape index (κ1) is 12.1. The first-order chi connectivity index (χ1) is 7.13. The number of hydrogen-bond acceptors (Lipinski definition) is 2. The van der Waals surface area contributed by atoms with Crippen LogP contribution in [0, 0.1) is 0 Å². The van der Waals surface area contributed by atoms with Crippen molar-refractivity contribution < 1.29 is 4.74 Å². The number of ether oxygens (including phenoxy) is 1. The van der Waals surface area contributed by atoms with Crippen LogP contribution >= 0.6 is 0 Å². The molecule has 0 heterocycles. The van der Waals surface area contributed by atoms with E-state index in [-0.39, 0.29) is 0 Å². The van der Waals surface area contributed by atoms with E-state index in [0.717, 1.165) is 12.2 Å². The maximum absolute atomic E-state index is 5.69. The van der Waals surface area contributed by atoms with Crippen LogP contribution in [0.5, 0.6) is 5.75 Å². The van der Waals surface area contributed by atoms with Gasteiger partial charge >= 0.3 is 0 Å². The largest absolute Gasteiger partial charge is 0.496 e. The molecule has 0 unspecified atom stereocenters. The standard InChI is InChI=1S/C13H21NO/c1-5-11-6-10(8-14)7-12(9(2)3)13(11)15-4/h6-7,9H,5,8,14H2,1-4H3. The molecule has 0 spiro atoms. The number of benzene rings is 1. The van der Waals surface area contributed by atoms with Crippen molar-refractivity contribution in [2.45, 2.75) is 39.7 Å². The number of rotatable bonds is 4. The molecule has 0 aliphatic carbocycles. The molecular formula is C13H21NO. The fraction of sp³-hybridized carbons (Fsp3) is 0.538. The molecule has 0 saturated carbocycles. The van der Waals surface area contributed by atoms with Gasteiger partial charge in [-0.25, -0.2) is 0 Å². The molecule has 1 aromatic rings. The second-order valence-electron chi connectivity index (χ2n) is 4.09. The van der Waals surface area contributed by atoms with Gasteiger partial charge in [-0.2, -0.15) is 0 Å². The Kier molecular flexibility index (Phi) is 4.15. The summed E-state index contributed by atoms with van der Waals surface area (Å²) in [4.78, 5) is 0.